The van der Waals surface area contributed by atoms with Gasteiger partial charge in [0.05, 0.1) is 0 Å². The van der Waals surface area contributed by atoms with Crippen LogP contribution in [0.1, 0.15) is 63.0 Å². The predicted octanol–water partition coefficient (Wildman–Crippen LogP) is 3.03. The maximum absolute atomic E-state index is 13.3. The zero-order valence-electron chi connectivity index (χ0n) is 20.7. The molecule has 2 atom stereocenters. The first-order valence-corrected chi connectivity index (χ1v) is 13.7. The Hall–Kier alpha value is -3.14. The summed E-state index contributed by atoms with van der Waals surface area (Å²) in [6, 6.07) is 6.59. The third-order valence-corrected chi connectivity index (χ3v) is 8.23. The maximum atomic E-state index is 13.3. The lowest BCUT2D eigenvalue weighted by molar-refractivity contribution is -0.122. The Morgan fingerprint density at radius 2 is 2.00 bits per heavy atom. The maximum Gasteiger partial charge on any atom is 0.246 e. The molecule has 2 saturated carbocycles. The number of piperidine rings is 1. The highest BCUT2D eigenvalue weighted by atomic mass is 16.2. The van der Waals surface area contributed by atoms with Gasteiger partial charge in [0, 0.05) is 49.6 Å². The molecule has 10 nitrogen and oxygen atoms in total. The van der Waals surface area contributed by atoms with E-state index in [1.165, 1.54) is 50.8 Å². The summed E-state index contributed by atoms with van der Waals surface area (Å²) >= 11 is 0. The second-order valence-electron chi connectivity index (χ2n) is 11.0. The van der Waals surface area contributed by atoms with Crippen molar-refractivity contribution in [3.05, 3.63) is 30.1 Å². The number of anilines is 3. The molecule has 10 heteroatoms. The molecule has 3 aromatic rings. The average Bonchev–Trinajstić information content (AvgIpc) is 3.77. The van der Waals surface area contributed by atoms with Crippen LogP contribution in [0.15, 0.2) is 24.4 Å². The molecule has 3 aromatic heterocycles. The molecule has 1 unspecified atom stereocenters. The first-order valence-electron chi connectivity index (χ1n) is 13.7. The Labute approximate surface area is 210 Å². The second-order valence-corrected chi connectivity index (χ2v) is 11.0. The number of carbonyl (C=O) groups excluding carboxylic acids is 1. The summed E-state index contributed by atoms with van der Waals surface area (Å²) in [5.74, 6) is 3.30. The van der Waals surface area contributed by atoms with Crippen LogP contribution >= 0.6 is 0 Å². The number of nitrogens with zero attached hydrogens (tertiary/aromatic N) is 6. The van der Waals surface area contributed by atoms with Crippen LogP contribution in [0.25, 0.3) is 5.52 Å². The molecular weight excluding hydrogens is 454 g/mol. The van der Waals surface area contributed by atoms with Crippen LogP contribution in [0.4, 0.5) is 17.6 Å². The van der Waals surface area contributed by atoms with E-state index in [0.29, 0.717) is 23.6 Å². The van der Waals surface area contributed by atoms with E-state index in [9.17, 15) is 4.79 Å². The molecular formula is C26H35N9O. The Morgan fingerprint density at radius 1 is 1.11 bits per heavy atom. The van der Waals surface area contributed by atoms with Gasteiger partial charge in [-0.15, -0.1) is 5.10 Å². The number of amides is 1. The van der Waals surface area contributed by atoms with Crippen molar-refractivity contribution in [2.45, 2.75) is 69.4 Å². The fourth-order valence-corrected chi connectivity index (χ4v) is 5.94. The molecule has 0 radical (unpaired) electrons. The van der Waals surface area contributed by atoms with Crippen molar-refractivity contribution in [2.75, 3.05) is 36.4 Å². The number of nitrogens with one attached hydrogen (secondary N) is 3. The fourth-order valence-electron chi connectivity index (χ4n) is 5.94. The number of likely N-dealkylation sites (tertiary alicyclic amines) is 1. The molecule has 0 aromatic carbocycles. The van der Waals surface area contributed by atoms with Crippen LogP contribution < -0.4 is 15.5 Å². The molecule has 2 aliphatic carbocycles. The SMILES string of the molecule is O=C(NC[C@@H]1CCCN(C2CC2)C1)C1CCCN1c1nc(Nc2cc(C3CC3)[nH]n2)c2cccn2n1. The highest BCUT2D eigenvalue weighted by molar-refractivity contribution is 5.85. The Bertz CT molecular complexity index is 1240. The number of aromatic amines is 1. The van der Waals surface area contributed by atoms with Crippen molar-refractivity contribution in [1.29, 1.82) is 0 Å². The van der Waals surface area contributed by atoms with Gasteiger partial charge >= 0.3 is 0 Å². The Balaban J connectivity index is 1.06. The summed E-state index contributed by atoms with van der Waals surface area (Å²) in [6.07, 6.45) is 11.3. The molecule has 0 bridgehead atoms. The third kappa shape index (κ3) is 4.42. The molecule has 36 heavy (non-hydrogen) atoms. The van der Waals surface area contributed by atoms with Gasteiger partial charge in [0.1, 0.15) is 11.6 Å². The van der Waals surface area contributed by atoms with Crippen molar-refractivity contribution in [1.82, 2.24) is 35.0 Å². The van der Waals surface area contributed by atoms with Crippen LogP contribution in [-0.2, 0) is 4.79 Å². The zero-order chi connectivity index (χ0) is 24.1. The minimum absolute atomic E-state index is 0.100. The van der Waals surface area contributed by atoms with Gasteiger partial charge in [-0.05, 0) is 76.0 Å². The lowest BCUT2D eigenvalue weighted by atomic mass is 9.97. The van der Waals surface area contributed by atoms with Gasteiger partial charge in [-0.25, -0.2) is 4.52 Å². The fraction of sp³-hybridized carbons (Fsp3) is 0.615. The molecule has 1 amide bonds. The van der Waals surface area contributed by atoms with E-state index in [1.54, 1.807) is 0 Å². The lowest BCUT2D eigenvalue weighted by Gasteiger charge is -2.33. The number of rotatable bonds is 8. The van der Waals surface area contributed by atoms with Crippen LogP contribution in [-0.4, -0.2) is 73.9 Å². The van der Waals surface area contributed by atoms with Gasteiger partial charge in [-0.3, -0.25) is 9.89 Å². The predicted molar refractivity (Wildman–Crippen MR) is 138 cm³/mol. The molecule has 0 spiro atoms. The number of H-pyrrole nitrogens is 1. The van der Waals surface area contributed by atoms with Crippen molar-refractivity contribution in [3.63, 3.8) is 0 Å². The largest absolute Gasteiger partial charge is 0.354 e. The van der Waals surface area contributed by atoms with Gasteiger partial charge in [0.15, 0.2) is 11.6 Å². The third-order valence-electron chi connectivity index (χ3n) is 8.23. The smallest absolute Gasteiger partial charge is 0.246 e. The Kier molecular flexibility index (Phi) is 5.56. The molecule has 2 aliphatic heterocycles. The van der Waals surface area contributed by atoms with Crippen molar-refractivity contribution in [3.8, 4) is 0 Å². The lowest BCUT2D eigenvalue weighted by Crippen LogP contribution is -2.47. The summed E-state index contributed by atoms with van der Waals surface area (Å²) < 4.78 is 1.83. The van der Waals surface area contributed by atoms with Crippen molar-refractivity contribution >= 4 is 29.0 Å². The normalized spacial score (nSPS) is 24.9. The van der Waals surface area contributed by atoms with Gasteiger partial charge in [-0.1, -0.05) is 0 Å². The number of hydrogen-bond donors (Lipinski definition) is 3. The molecule has 190 valence electrons. The second kappa shape index (κ2) is 9.06. The number of carbonyl (C=O) groups is 1. The van der Waals surface area contributed by atoms with Gasteiger partial charge in [-0.2, -0.15) is 10.1 Å². The highest BCUT2D eigenvalue weighted by Crippen LogP contribution is 2.40. The standard InChI is InChI=1S/C26H35N9O/c36-25(27-15-17-4-1-11-33(16-17)19-9-10-19)22-6-2-12-34(22)26-29-24(21-5-3-13-35(21)32-26)28-23-14-20(30-31-23)18-7-8-18/h3,5,13-14,17-19,22H,1-2,4,6-12,15-16H2,(H,27,36)(H2,28,29,30,31,32)/t17-,22?/m0/s1. The molecule has 3 N–H and O–H groups in total. The van der Waals surface area contributed by atoms with E-state index in [-0.39, 0.29) is 11.9 Å². The van der Waals surface area contributed by atoms with E-state index >= 15 is 0 Å². The summed E-state index contributed by atoms with van der Waals surface area (Å²) in [6.45, 7) is 3.88. The van der Waals surface area contributed by atoms with Crippen LogP contribution in [0.5, 0.6) is 0 Å². The summed E-state index contributed by atoms with van der Waals surface area (Å²) in [5, 5.41) is 19.0. The monoisotopic (exact) mass is 489 g/mol. The summed E-state index contributed by atoms with van der Waals surface area (Å²) in [4.78, 5) is 22.9. The van der Waals surface area contributed by atoms with Crippen LogP contribution in [0.3, 0.4) is 0 Å². The van der Waals surface area contributed by atoms with Crippen molar-refractivity contribution < 1.29 is 4.79 Å². The Morgan fingerprint density at radius 3 is 2.86 bits per heavy atom. The van der Waals surface area contributed by atoms with Gasteiger partial charge in [0.2, 0.25) is 11.9 Å². The molecule has 4 fully saturated rings. The van der Waals surface area contributed by atoms with E-state index in [1.807, 2.05) is 22.8 Å². The number of aromatic nitrogens is 5. The van der Waals surface area contributed by atoms with E-state index in [4.69, 9.17) is 10.1 Å². The molecule has 7 rings (SSSR count). The molecule has 4 aliphatic rings. The van der Waals surface area contributed by atoms with Crippen molar-refractivity contribution in [2.24, 2.45) is 5.92 Å². The van der Waals surface area contributed by atoms with E-state index < -0.39 is 0 Å². The molecule has 2 saturated heterocycles. The van der Waals surface area contributed by atoms with E-state index in [2.05, 4.69) is 36.7 Å². The topological polar surface area (TPSA) is 106 Å². The summed E-state index contributed by atoms with van der Waals surface area (Å²) in [7, 11) is 0. The number of fused-ring (bicyclic) bond motifs is 1. The minimum Gasteiger partial charge on any atom is -0.354 e. The van der Waals surface area contributed by atoms with Gasteiger partial charge < -0.3 is 20.4 Å². The zero-order valence-corrected chi connectivity index (χ0v) is 20.7. The highest BCUT2D eigenvalue weighted by Gasteiger charge is 2.35. The first-order chi connectivity index (χ1) is 17.7. The number of hydrogen-bond acceptors (Lipinski definition) is 7. The van der Waals surface area contributed by atoms with Crippen LogP contribution in [0.2, 0.25) is 0 Å². The first kappa shape index (κ1) is 22.1. The molecule has 5 heterocycles. The minimum atomic E-state index is -0.235. The average molecular weight is 490 g/mol. The van der Waals surface area contributed by atoms with Crippen LogP contribution in [0, 0.1) is 5.92 Å². The quantitative estimate of drug-likeness (QED) is 0.447. The van der Waals surface area contributed by atoms with E-state index in [0.717, 1.165) is 49.9 Å². The summed E-state index contributed by atoms with van der Waals surface area (Å²) in [5.41, 5.74) is 2.06. The van der Waals surface area contributed by atoms with Gasteiger partial charge in [0.25, 0.3) is 0 Å².